The molecule has 2 N–H and O–H groups in total. The fourth-order valence-corrected chi connectivity index (χ4v) is 3.06. The molecule has 1 saturated heterocycles. The lowest BCUT2D eigenvalue weighted by Gasteiger charge is -2.32. The summed E-state index contributed by atoms with van der Waals surface area (Å²) in [5, 5.41) is 7.84. The number of fused-ring (bicyclic) bond motifs is 1. The number of nitrogens with one attached hydrogen (secondary N) is 2. The Bertz CT molecular complexity index is 993. The van der Waals surface area contributed by atoms with Gasteiger partial charge in [-0.1, -0.05) is 18.2 Å². The third kappa shape index (κ3) is 2.91. The number of H-pyrrole nitrogens is 2. The average Bonchev–Trinajstić information content (AvgIpc) is 3.04. The molecular formula is C17H17N5O3. The molecule has 0 bridgehead atoms. The summed E-state index contributed by atoms with van der Waals surface area (Å²) in [6, 6.07) is 8.92. The number of benzene rings is 1. The van der Waals surface area contributed by atoms with Gasteiger partial charge in [0.05, 0.1) is 24.4 Å². The summed E-state index contributed by atoms with van der Waals surface area (Å²) in [6.07, 6.45) is -0.427. The molecule has 2 aromatic heterocycles. The van der Waals surface area contributed by atoms with Crippen LogP contribution in [0.4, 0.5) is 0 Å². The first kappa shape index (κ1) is 15.5. The number of hydrogen-bond acceptors (Lipinski definition) is 5. The lowest BCUT2D eigenvalue weighted by molar-refractivity contribution is -0.0250. The normalized spacial score (nSPS) is 17.8. The summed E-state index contributed by atoms with van der Waals surface area (Å²) >= 11 is 0. The first-order valence-electron chi connectivity index (χ1n) is 8.03. The number of aromatic amines is 2. The summed E-state index contributed by atoms with van der Waals surface area (Å²) in [5.74, 6) is 0.361. The third-order valence-corrected chi connectivity index (χ3v) is 4.24. The Hall–Kier alpha value is -3.00. The largest absolute Gasteiger partial charge is 0.368 e. The summed E-state index contributed by atoms with van der Waals surface area (Å²) < 4.78 is 5.72. The van der Waals surface area contributed by atoms with Crippen molar-refractivity contribution in [1.29, 1.82) is 0 Å². The van der Waals surface area contributed by atoms with E-state index in [4.69, 9.17) is 4.74 Å². The van der Waals surface area contributed by atoms with Gasteiger partial charge in [-0.15, -0.1) is 0 Å². The molecule has 8 nitrogen and oxygen atoms in total. The quantitative estimate of drug-likeness (QED) is 0.729. The highest BCUT2D eigenvalue weighted by Crippen LogP contribution is 2.23. The van der Waals surface area contributed by atoms with E-state index in [0.717, 1.165) is 10.9 Å². The molecule has 1 fully saturated rings. The molecule has 1 aliphatic rings. The molecule has 4 rings (SSSR count). The van der Waals surface area contributed by atoms with Crippen LogP contribution >= 0.6 is 0 Å². The molecule has 1 aromatic carbocycles. The molecule has 25 heavy (non-hydrogen) atoms. The van der Waals surface area contributed by atoms with Crippen molar-refractivity contribution >= 4 is 16.8 Å². The predicted molar refractivity (Wildman–Crippen MR) is 90.3 cm³/mol. The third-order valence-electron chi connectivity index (χ3n) is 4.24. The Morgan fingerprint density at radius 2 is 2.20 bits per heavy atom. The van der Waals surface area contributed by atoms with Crippen LogP contribution < -0.4 is 5.56 Å². The van der Waals surface area contributed by atoms with E-state index in [0.29, 0.717) is 36.9 Å². The van der Waals surface area contributed by atoms with Gasteiger partial charge in [-0.25, -0.2) is 4.98 Å². The fraction of sp³-hybridized carbons (Fsp3) is 0.294. The Morgan fingerprint density at radius 3 is 3.04 bits per heavy atom. The van der Waals surface area contributed by atoms with Crippen LogP contribution in [0.15, 0.2) is 35.1 Å². The fourth-order valence-electron chi connectivity index (χ4n) is 3.06. The highest BCUT2D eigenvalue weighted by molar-refractivity contribution is 6.04. The predicted octanol–water partition coefficient (Wildman–Crippen LogP) is 1.17. The van der Waals surface area contributed by atoms with Crippen molar-refractivity contribution in [2.75, 3.05) is 19.7 Å². The van der Waals surface area contributed by atoms with E-state index in [-0.39, 0.29) is 11.5 Å². The molecule has 3 aromatic rings. The van der Waals surface area contributed by atoms with Crippen molar-refractivity contribution in [3.8, 4) is 0 Å². The molecule has 3 heterocycles. The van der Waals surface area contributed by atoms with Crippen molar-refractivity contribution in [2.45, 2.75) is 13.0 Å². The van der Waals surface area contributed by atoms with Crippen LogP contribution in [0.25, 0.3) is 10.9 Å². The minimum atomic E-state index is -0.427. The van der Waals surface area contributed by atoms with Crippen LogP contribution in [0, 0.1) is 6.92 Å². The molecule has 1 unspecified atom stereocenters. The van der Waals surface area contributed by atoms with E-state index in [9.17, 15) is 9.59 Å². The number of aryl methyl sites for hydroxylation is 1. The maximum Gasteiger partial charge on any atom is 0.275 e. The SMILES string of the molecule is Cc1nc(C2CN(C(=O)c3n[nH]c4ccccc34)CCO2)cc(=O)[nH]1. The number of amides is 1. The van der Waals surface area contributed by atoms with Crippen molar-refractivity contribution in [1.82, 2.24) is 25.1 Å². The van der Waals surface area contributed by atoms with Gasteiger partial charge < -0.3 is 14.6 Å². The number of para-hydroxylation sites is 1. The summed E-state index contributed by atoms with van der Waals surface area (Å²) in [4.78, 5) is 33.2. The Balaban J connectivity index is 1.60. The van der Waals surface area contributed by atoms with Gasteiger partial charge in [0, 0.05) is 18.0 Å². The topological polar surface area (TPSA) is 104 Å². The van der Waals surface area contributed by atoms with Crippen LogP contribution in [0.1, 0.15) is 28.1 Å². The second-order valence-corrected chi connectivity index (χ2v) is 5.98. The smallest absolute Gasteiger partial charge is 0.275 e. The maximum absolute atomic E-state index is 12.9. The van der Waals surface area contributed by atoms with Crippen LogP contribution in [0.2, 0.25) is 0 Å². The lowest BCUT2D eigenvalue weighted by Crippen LogP contribution is -2.43. The van der Waals surface area contributed by atoms with Crippen molar-refractivity contribution in [2.24, 2.45) is 0 Å². The molecule has 1 amide bonds. The van der Waals surface area contributed by atoms with Crippen LogP contribution in [-0.4, -0.2) is 50.7 Å². The number of ether oxygens (including phenoxy) is 1. The Morgan fingerprint density at radius 1 is 1.36 bits per heavy atom. The zero-order valence-electron chi connectivity index (χ0n) is 13.7. The van der Waals surface area contributed by atoms with E-state index in [1.807, 2.05) is 24.3 Å². The molecular weight excluding hydrogens is 322 g/mol. The molecule has 128 valence electrons. The monoisotopic (exact) mass is 339 g/mol. The minimum Gasteiger partial charge on any atom is -0.368 e. The summed E-state index contributed by atoms with van der Waals surface area (Å²) in [7, 11) is 0. The number of aromatic nitrogens is 4. The standard InChI is InChI=1S/C17H17N5O3/c1-10-18-13(8-15(23)19-10)14-9-22(6-7-25-14)17(24)16-11-4-2-3-5-12(11)20-21-16/h2-5,8,14H,6-7,9H2,1H3,(H,20,21)(H,18,19,23). The van der Waals surface area contributed by atoms with Crippen molar-refractivity contribution in [3.05, 3.63) is 57.9 Å². The molecule has 0 saturated carbocycles. The Kier molecular flexibility index (Phi) is 3.81. The number of carbonyl (C=O) groups excluding carboxylic acids is 1. The molecule has 1 aliphatic heterocycles. The van der Waals surface area contributed by atoms with Gasteiger partial charge in [-0.3, -0.25) is 14.7 Å². The Labute approximate surface area is 142 Å². The van der Waals surface area contributed by atoms with Gasteiger partial charge in [0.2, 0.25) is 0 Å². The first-order chi connectivity index (χ1) is 12.1. The van der Waals surface area contributed by atoms with Gasteiger partial charge in [-0.05, 0) is 13.0 Å². The molecule has 0 aliphatic carbocycles. The van der Waals surface area contributed by atoms with Gasteiger partial charge >= 0.3 is 0 Å². The summed E-state index contributed by atoms with van der Waals surface area (Å²) in [6.45, 7) is 2.90. The van der Waals surface area contributed by atoms with Gasteiger partial charge in [0.15, 0.2) is 5.69 Å². The second kappa shape index (κ2) is 6.14. The zero-order valence-corrected chi connectivity index (χ0v) is 13.7. The lowest BCUT2D eigenvalue weighted by atomic mass is 10.1. The number of hydrogen-bond donors (Lipinski definition) is 2. The highest BCUT2D eigenvalue weighted by atomic mass is 16.5. The van der Waals surface area contributed by atoms with Crippen LogP contribution in [0.5, 0.6) is 0 Å². The molecule has 1 atom stereocenters. The number of nitrogens with zero attached hydrogens (tertiary/aromatic N) is 3. The zero-order chi connectivity index (χ0) is 17.4. The van der Waals surface area contributed by atoms with Crippen molar-refractivity contribution in [3.63, 3.8) is 0 Å². The molecule has 0 spiro atoms. The van der Waals surface area contributed by atoms with Gasteiger partial charge in [0.25, 0.3) is 11.5 Å². The summed E-state index contributed by atoms with van der Waals surface area (Å²) in [5.41, 5.74) is 1.52. The molecule has 8 heteroatoms. The minimum absolute atomic E-state index is 0.160. The van der Waals surface area contributed by atoms with Crippen LogP contribution in [-0.2, 0) is 4.74 Å². The van der Waals surface area contributed by atoms with E-state index in [1.54, 1.807) is 11.8 Å². The highest BCUT2D eigenvalue weighted by Gasteiger charge is 2.29. The van der Waals surface area contributed by atoms with E-state index < -0.39 is 6.10 Å². The van der Waals surface area contributed by atoms with E-state index >= 15 is 0 Å². The van der Waals surface area contributed by atoms with Gasteiger partial charge in [0.1, 0.15) is 11.9 Å². The number of morpholine rings is 1. The number of rotatable bonds is 2. The maximum atomic E-state index is 12.9. The first-order valence-corrected chi connectivity index (χ1v) is 8.03. The van der Waals surface area contributed by atoms with Crippen LogP contribution in [0.3, 0.4) is 0 Å². The van der Waals surface area contributed by atoms with Crippen molar-refractivity contribution < 1.29 is 9.53 Å². The van der Waals surface area contributed by atoms with Gasteiger partial charge in [-0.2, -0.15) is 5.10 Å². The average molecular weight is 339 g/mol. The number of carbonyl (C=O) groups is 1. The molecule has 0 radical (unpaired) electrons. The van der Waals surface area contributed by atoms with E-state index in [1.165, 1.54) is 6.07 Å². The van der Waals surface area contributed by atoms with E-state index in [2.05, 4.69) is 20.2 Å². The second-order valence-electron chi connectivity index (χ2n) is 5.98.